The van der Waals surface area contributed by atoms with E-state index in [1.165, 1.54) is 18.4 Å². The molecule has 34 heavy (non-hydrogen) atoms. The van der Waals surface area contributed by atoms with Gasteiger partial charge in [0.05, 0.1) is 7.11 Å². The van der Waals surface area contributed by atoms with E-state index in [0.29, 0.717) is 38.3 Å². The zero-order chi connectivity index (χ0) is 24.2. The molecule has 1 amide bonds. The van der Waals surface area contributed by atoms with E-state index in [9.17, 15) is 9.59 Å². The molecule has 0 atom stereocenters. The number of benzene rings is 2. The Morgan fingerprint density at radius 2 is 1.71 bits per heavy atom. The van der Waals surface area contributed by atoms with Crippen LogP contribution in [0.2, 0.25) is 5.02 Å². The number of ether oxygens (including phenoxy) is 1. The first-order valence-corrected chi connectivity index (χ1v) is 11.6. The quantitative estimate of drug-likeness (QED) is 0.309. The van der Waals surface area contributed by atoms with Gasteiger partial charge in [-0.05, 0) is 55.8 Å². The Morgan fingerprint density at radius 3 is 2.38 bits per heavy atom. The van der Waals surface area contributed by atoms with E-state index in [-0.39, 0.29) is 5.91 Å². The van der Waals surface area contributed by atoms with E-state index in [1.807, 2.05) is 38.1 Å². The highest BCUT2D eigenvalue weighted by atomic mass is 35.5. The lowest BCUT2D eigenvalue weighted by Gasteiger charge is -2.10. The molecule has 0 aliphatic carbocycles. The highest BCUT2D eigenvalue weighted by molar-refractivity contribution is 7.15. The van der Waals surface area contributed by atoms with Crippen molar-refractivity contribution in [1.29, 1.82) is 0 Å². The number of methoxy groups -OCH3 is 1. The Balaban J connectivity index is 1.60. The summed E-state index contributed by atoms with van der Waals surface area (Å²) in [6, 6.07) is 16.0. The molecule has 4 rings (SSSR count). The minimum Gasteiger partial charge on any atom is -0.465 e. The largest absolute Gasteiger partial charge is 0.465 e. The molecule has 2 aromatic heterocycles. The van der Waals surface area contributed by atoms with Crippen LogP contribution in [0.25, 0.3) is 11.1 Å². The Labute approximate surface area is 205 Å². The Morgan fingerprint density at radius 1 is 1.00 bits per heavy atom. The van der Waals surface area contributed by atoms with Crippen molar-refractivity contribution in [2.45, 2.75) is 13.8 Å². The fourth-order valence-electron chi connectivity index (χ4n) is 3.42. The number of anilines is 3. The van der Waals surface area contributed by atoms with Crippen molar-refractivity contribution in [3.63, 3.8) is 0 Å². The van der Waals surface area contributed by atoms with Crippen LogP contribution in [0.5, 0.6) is 0 Å². The van der Waals surface area contributed by atoms with Gasteiger partial charge in [0, 0.05) is 38.6 Å². The van der Waals surface area contributed by atoms with Crippen LogP contribution in [0.3, 0.4) is 0 Å². The number of esters is 1. The van der Waals surface area contributed by atoms with Gasteiger partial charge in [-0.15, -0.1) is 11.3 Å². The summed E-state index contributed by atoms with van der Waals surface area (Å²) in [5.41, 5.74) is 4.50. The van der Waals surface area contributed by atoms with Crippen molar-refractivity contribution in [2.24, 2.45) is 0 Å². The molecule has 0 bridgehead atoms. The van der Waals surface area contributed by atoms with Crippen molar-refractivity contribution in [3.05, 3.63) is 87.5 Å². The number of carbonyl (C=O) groups excluding carboxylic acids is 2. The van der Waals surface area contributed by atoms with Crippen molar-refractivity contribution in [2.75, 3.05) is 17.7 Å². The molecule has 2 N–H and O–H groups in total. The fraction of sp³-hybridized carbons (Fsp3) is 0.120. The Bertz CT molecular complexity index is 1350. The van der Waals surface area contributed by atoms with Gasteiger partial charge >= 0.3 is 5.97 Å². The number of nitrogens with one attached hydrogen (secondary N) is 2. The van der Waals surface area contributed by atoms with Gasteiger partial charge in [0.1, 0.15) is 10.6 Å². The number of thiophene rings is 1. The fourth-order valence-corrected chi connectivity index (χ4v) is 4.50. The molecule has 0 radical (unpaired) electrons. The lowest BCUT2D eigenvalue weighted by atomic mass is 10.0. The Kier molecular flexibility index (Phi) is 6.90. The molecule has 0 saturated carbocycles. The van der Waals surface area contributed by atoms with E-state index in [1.54, 1.807) is 35.7 Å². The highest BCUT2D eigenvalue weighted by Gasteiger charge is 2.23. The first kappa shape index (κ1) is 23.4. The third kappa shape index (κ3) is 5.24. The number of amides is 1. The summed E-state index contributed by atoms with van der Waals surface area (Å²) >= 11 is 7.24. The normalized spacial score (nSPS) is 10.6. The minimum atomic E-state index is -0.538. The second-order valence-electron chi connectivity index (χ2n) is 7.49. The van der Waals surface area contributed by atoms with Gasteiger partial charge in [-0.2, -0.15) is 0 Å². The van der Waals surface area contributed by atoms with Crippen LogP contribution in [-0.2, 0) is 4.74 Å². The smallest absolute Gasteiger partial charge is 0.341 e. The molecule has 0 fully saturated rings. The second-order valence-corrected chi connectivity index (χ2v) is 8.80. The van der Waals surface area contributed by atoms with Crippen LogP contribution in [0, 0.1) is 13.8 Å². The number of aromatic nitrogens is 2. The van der Waals surface area contributed by atoms with Gasteiger partial charge in [0.15, 0.2) is 0 Å². The van der Waals surface area contributed by atoms with Crippen molar-refractivity contribution in [1.82, 2.24) is 9.97 Å². The first-order valence-electron chi connectivity index (χ1n) is 10.3. The first-order chi connectivity index (χ1) is 16.3. The summed E-state index contributed by atoms with van der Waals surface area (Å²) in [6.45, 7) is 3.78. The molecule has 0 unspecified atom stereocenters. The summed E-state index contributed by atoms with van der Waals surface area (Å²) < 4.78 is 4.98. The monoisotopic (exact) mass is 492 g/mol. The maximum absolute atomic E-state index is 13.0. The van der Waals surface area contributed by atoms with E-state index in [0.717, 1.165) is 17.0 Å². The molecule has 7 nitrogen and oxygen atoms in total. The van der Waals surface area contributed by atoms with Gasteiger partial charge in [0.25, 0.3) is 5.91 Å². The lowest BCUT2D eigenvalue weighted by molar-refractivity contribution is 0.0603. The average molecular weight is 493 g/mol. The maximum atomic E-state index is 13.0. The average Bonchev–Trinajstić information content (AvgIpc) is 3.22. The molecule has 0 aliphatic rings. The van der Waals surface area contributed by atoms with Crippen molar-refractivity contribution in [3.8, 4) is 11.1 Å². The molecule has 172 valence electrons. The molecular weight excluding hydrogens is 472 g/mol. The SMILES string of the molecule is COC(=O)c1c(-c2ccc(Cl)cc2)csc1NC(=O)c1cccc(Nc2nc(C)cc(C)n2)c1. The number of hydrogen-bond donors (Lipinski definition) is 2. The predicted molar refractivity (Wildman–Crippen MR) is 135 cm³/mol. The topological polar surface area (TPSA) is 93.2 Å². The standard InChI is InChI=1S/C25H21ClN4O3S/c1-14-11-15(2)28-25(27-14)29-19-6-4-5-17(12-19)22(31)30-23-21(24(32)33-3)20(13-34-23)16-7-9-18(26)10-8-16/h4-13H,1-3H3,(H,30,31)(H,27,28,29). The number of nitrogens with zero attached hydrogens (tertiary/aromatic N) is 2. The molecule has 9 heteroatoms. The lowest BCUT2D eigenvalue weighted by Crippen LogP contribution is -2.14. The summed E-state index contributed by atoms with van der Waals surface area (Å²) in [6.07, 6.45) is 0. The summed E-state index contributed by atoms with van der Waals surface area (Å²) in [7, 11) is 1.31. The third-order valence-electron chi connectivity index (χ3n) is 4.93. The van der Waals surface area contributed by atoms with Crippen LogP contribution in [0.1, 0.15) is 32.1 Å². The highest BCUT2D eigenvalue weighted by Crippen LogP contribution is 2.37. The van der Waals surface area contributed by atoms with E-state index < -0.39 is 5.97 Å². The molecule has 0 aliphatic heterocycles. The third-order valence-corrected chi connectivity index (χ3v) is 6.07. The predicted octanol–water partition coefficient (Wildman–Crippen LogP) is 6.26. The molecule has 0 spiro atoms. The zero-order valence-corrected chi connectivity index (χ0v) is 20.3. The van der Waals surface area contributed by atoms with Gasteiger partial charge < -0.3 is 15.4 Å². The second kappa shape index (κ2) is 10.0. The molecule has 2 aromatic carbocycles. The molecule has 0 saturated heterocycles. The van der Waals surface area contributed by atoms with E-state index >= 15 is 0 Å². The van der Waals surface area contributed by atoms with Crippen molar-refractivity contribution >= 4 is 51.5 Å². The maximum Gasteiger partial charge on any atom is 0.341 e. The summed E-state index contributed by atoms with van der Waals surface area (Å²) in [5, 5.41) is 8.77. The van der Waals surface area contributed by atoms with Crippen LogP contribution < -0.4 is 10.6 Å². The van der Waals surface area contributed by atoms with E-state index in [4.69, 9.17) is 16.3 Å². The van der Waals surface area contributed by atoms with Crippen molar-refractivity contribution < 1.29 is 14.3 Å². The van der Waals surface area contributed by atoms with Gasteiger partial charge in [0.2, 0.25) is 5.95 Å². The number of hydrogen-bond acceptors (Lipinski definition) is 7. The van der Waals surface area contributed by atoms with Crippen LogP contribution in [0.15, 0.2) is 60.0 Å². The molecule has 4 aromatic rings. The zero-order valence-electron chi connectivity index (χ0n) is 18.7. The molecule has 2 heterocycles. The van der Waals surface area contributed by atoms with Gasteiger partial charge in [-0.3, -0.25) is 4.79 Å². The Hall–Kier alpha value is -3.75. The molecular formula is C25H21ClN4O3S. The van der Waals surface area contributed by atoms with E-state index in [2.05, 4.69) is 20.6 Å². The summed E-state index contributed by atoms with van der Waals surface area (Å²) in [4.78, 5) is 34.4. The van der Waals surface area contributed by atoms with Gasteiger partial charge in [-0.25, -0.2) is 14.8 Å². The van der Waals surface area contributed by atoms with Crippen LogP contribution in [-0.4, -0.2) is 29.0 Å². The summed E-state index contributed by atoms with van der Waals surface area (Å²) in [5.74, 6) is -0.447. The number of halogens is 1. The number of carbonyl (C=O) groups is 2. The number of aryl methyl sites for hydroxylation is 2. The minimum absolute atomic E-state index is 0.293. The van der Waals surface area contributed by atoms with Crippen LogP contribution >= 0.6 is 22.9 Å². The van der Waals surface area contributed by atoms with Gasteiger partial charge in [-0.1, -0.05) is 29.8 Å². The van der Waals surface area contributed by atoms with Crippen LogP contribution in [0.4, 0.5) is 16.6 Å². The number of rotatable bonds is 6.